The van der Waals surface area contributed by atoms with Crippen LogP contribution >= 0.6 is 23.5 Å². The lowest BCUT2D eigenvalue weighted by Crippen LogP contribution is -2.14. The summed E-state index contributed by atoms with van der Waals surface area (Å²) in [6, 6.07) is 7.12. The van der Waals surface area contributed by atoms with Gasteiger partial charge in [0.05, 0.1) is 0 Å². The summed E-state index contributed by atoms with van der Waals surface area (Å²) in [5.41, 5.74) is 6.81. The molecule has 7 heteroatoms. The van der Waals surface area contributed by atoms with Crippen LogP contribution in [0.5, 0.6) is 0 Å². The summed E-state index contributed by atoms with van der Waals surface area (Å²) in [6.07, 6.45) is 1.93. The molecule has 1 aromatic heterocycles. The molecule has 0 atom stereocenters. The highest BCUT2D eigenvalue weighted by Gasteiger charge is 2.13. The molecule has 0 radical (unpaired) electrons. The van der Waals surface area contributed by atoms with E-state index in [-0.39, 0.29) is 11.4 Å². The smallest absolute Gasteiger partial charge is 0.251 e. The van der Waals surface area contributed by atoms with Crippen LogP contribution in [0.3, 0.4) is 0 Å². The average molecular weight is 306 g/mol. The highest BCUT2D eigenvalue weighted by Crippen LogP contribution is 2.32. The van der Waals surface area contributed by atoms with E-state index in [0.29, 0.717) is 16.4 Å². The Morgan fingerprint density at radius 1 is 1.40 bits per heavy atom. The lowest BCUT2D eigenvalue weighted by molar-refractivity contribution is 0.905. The van der Waals surface area contributed by atoms with Crippen LogP contribution in [-0.4, -0.2) is 22.1 Å². The third kappa shape index (κ3) is 3.23. The third-order valence-corrected chi connectivity index (χ3v) is 4.26. The lowest BCUT2D eigenvalue weighted by atomic mass is 10.2. The molecule has 1 aromatic carbocycles. The van der Waals surface area contributed by atoms with Crippen molar-refractivity contribution in [3.63, 3.8) is 0 Å². The molecule has 0 saturated heterocycles. The van der Waals surface area contributed by atoms with E-state index in [1.807, 2.05) is 24.5 Å². The van der Waals surface area contributed by atoms with Gasteiger partial charge < -0.3 is 10.7 Å². The number of nitrogens with two attached hydrogens (primary N) is 1. The number of nitrogens with zero attached hydrogens (tertiary/aromatic N) is 1. The number of aromatic amines is 1. The van der Waals surface area contributed by atoms with Crippen LogP contribution in [0.2, 0.25) is 0 Å². The molecule has 0 saturated carbocycles. The molecule has 1 heterocycles. The number of rotatable bonds is 4. The van der Waals surface area contributed by atoms with Crippen molar-refractivity contribution in [3.05, 3.63) is 45.9 Å². The van der Waals surface area contributed by atoms with Gasteiger partial charge in [0.15, 0.2) is 5.16 Å². The fourth-order valence-electron chi connectivity index (χ4n) is 1.74. The molecule has 0 aliphatic rings. The normalized spacial score (nSPS) is 10.5. The zero-order chi connectivity index (χ0) is 14.7. The number of aromatic nitrogens is 2. The zero-order valence-corrected chi connectivity index (χ0v) is 12.7. The van der Waals surface area contributed by atoms with Gasteiger partial charge in [-0.2, -0.15) is 0 Å². The van der Waals surface area contributed by atoms with Crippen molar-refractivity contribution in [3.8, 4) is 0 Å². The number of aryl methyl sites for hydroxylation is 1. The molecule has 0 amide bonds. The molecule has 5 nitrogen and oxygen atoms in total. The van der Waals surface area contributed by atoms with E-state index in [0.717, 1.165) is 9.79 Å². The third-order valence-electron chi connectivity index (χ3n) is 2.53. The van der Waals surface area contributed by atoms with Gasteiger partial charge in [-0.3, -0.25) is 10.2 Å². The SMILES string of the molecule is CSc1cccc(Sc2nc(C)cc(=O)[nH]2)c1C(=N)N. The Kier molecular flexibility index (Phi) is 4.51. The number of nitrogens with one attached hydrogen (secondary N) is 2. The minimum absolute atomic E-state index is 0.00690. The molecule has 0 aliphatic heterocycles. The number of nitrogen functional groups attached to an aromatic ring is 1. The van der Waals surface area contributed by atoms with Crippen molar-refractivity contribution in [2.45, 2.75) is 21.9 Å². The number of amidine groups is 1. The molecule has 20 heavy (non-hydrogen) atoms. The van der Waals surface area contributed by atoms with Crippen molar-refractivity contribution in [1.82, 2.24) is 9.97 Å². The fourth-order valence-corrected chi connectivity index (χ4v) is 3.46. The molecule has 0 spiro atoms. The Morgan fingerprint density at radius 2 is 2.10 bits per heavy atom. The minimum Gasteiger partial charge on any atom is -0.384 e. The molecule has 4 N–H and O–H groups in total. The highest BCUT2D eigenvalue weighted by atomic mass is 32.2. The molecule has 2 rings (SSSR count). The van der Waals surface area contributed by atoms with E-state index in [9.17, 15) is 4.79 Å². The van der Waals surface area contributed by atoms with Gasteiger partial charge >= 0.3 is 0 Å². The Morgan fingerprint density at radius 3 is 2.70 bits per heavy atom. The van der Waals surface area contributed by atoms with E-state index < -0.39 is 0 Å². The van der Waals surface area contributed by atoms with Crippen LogP contribution in [0.25, 0.3) is 0 Å². The van der Waals surface area contributed by atoms with Crippen LogP contribution in [0.4, 0.5) is 0 Å². The molecule has 0 aliphatic carbocycles. The summed E-state index contributed by atoms with van der Waals surface area (Å²) < 4.78 is 0. The standard InChI is InChI=1S/C13H14N4OS2/c1-7-6-10(18)17-13(16-7)20-9-5-3-4-8(19-2)11(9)12(14)15/h3-6H,1-2H3,(H3,14,15)(H,16,17,18). The second-order valence-corrected chi connectivity index (χ2v) is 5.92. The maximum Gasteiger partial charge on any atom is 0.251 e. The predicted molar refractivity (Wildman–Crippen MR) is 83.0 cm³/mol. The maximum absolute atomic E-state index is 11.5. The van der Waals surface area contributed by atoms with Crippen molar-refractivity contribution in [2.24, 2.45) is 5.73 Å². The van der Waals surface area contributed by atoms with Gasteiger partial charge in [0.2, 0.25) is 0 Å². The first kappa shape index (κ1) is 14.7. The lowest BCUT2D eigenvalue weighted by Gasteiger charge is -2.11. The van der Waals surface area contributed by atoms with E-state index in [4.69, 9.17) is 11.1 Å². The molecule has 104 valence electrons. The summed E-state index contributed by atoms with van der Waals surface area (Å²) in [5.74, 6) is 0.00690. The zero-order valence-electron chi connectivity index (χ0n) is 11.1. The summed E-state index contributed by atoms with van der Waals surface area (Å²) in [7, 11) is 0. The average Bonchev–Trinajstić information content (AvgIpc) is 2.36. The van der Waals surface area contributed by atoms with E-state index in [1.165, 1.54) is 29.6 Å². The van der Waals surface area contributed by atoms with Crippen molar-refractivity contribution < 1.29 is 0 Å². The number of thioether (sulfide) groups is 1. The van der Waals surface area contributed by atoms with E-state index in [2.05, 4.69) is 9.97 Å². The Hall–Kier alpha value is -1.73. The Balaban J connectivity index is 2.48. The molecule has 0 bridgehead atoms. The highest BCUT2D eigenvalue weighted by molar-refractivity contribution is 7.99. The van der Waals surface area contributed by atoms with Gasteiger partial charge in [0.1, 0.15) is 5.84 Å². The number of hydrogen-bond donors (Lipinski definition) is 3. The van der Waals surface area contributed by atoms with Gasteiger partial charge in [0.25, 0.3) is 5.56 Å². The van der Waals surface area contributed by atoms with Crippen LogP contribution in [0.15, 0.2) is 44.0 Å². The molecule has 0 fully saturated rings. The van der Waals surface area contributed by atoms with Gasteiger partial charge in [-0.25, -0.2) is 4.98 Å². The monoisotopic (exact) mass is 306 g/mol. The molecule has 2 aromatic rings. The van der Waals surface area contributed by atoms with E-state index in [1.54, 1.807) is 6.92 Å². The topological polar surface area (TPSA) is 95.6 Å². The van der Waals surface area contributed by atoms with E-state index >= 15 is 0 Å². The van der Waals surface area contributed by atoms with Gasteiger partial charge in [-0.1, -0.05) is 17.8 Å². The Bertz CT molecular complexity index is 712. The first-order valence-corrected chi connectivity index (χ1v) is 7.82. The largest absolute Gasteiger partial charge is 0.384 e. The number of H-pyrrole nitrogens is 1. The van der Waals surface area contributed by atoms with Crippen LogP contribution < -0.4 is 11.3 Å². The summed E-state index contributed by atoms with van der Waals surface area (Å²) in [5, 5.41) is 8.23. The minimum atomic E-state index is -0.189. The Labute approximate surface area is 124 Å². The quantitative estimate of drug-likeness (QED) is 0.348. The van der Waals surface area contributed by atoms with Gasteiger partial charge in [-0.05, 0) is 25.3 Å². The predicted octanol–water partition coefficient (Wildman–Crippen LogP) is 2.24. The summed E-state index contributed by atoms with van der Waals surface area (Å²) >= 11 is 2.83. The maximum atomic E-state index is 11.5. The van der Waals surface area contributed by atoms with Crippen LogP contribution in [0, 0.1) is 12.3 Å². The second kappa shape index (κ2) is 6.15. The van der Waals surface area contributed by atoms with Gasteiger partial charge in [-0.15, -0.1) is 11.8 Å². The summed E-state index contributed by atoms with van der Waals surface area (Å²) in [4.78, 5) is 20.1. The van der Waals surface area contributed by atoms with Crippen molar-refractivity contribution in [2.75, 3.05) is 6.26 Å². The van der Waals surface area contributed by atoms with Crippen LogP contribution in [-0.2, 0) is 0 Å². The first-order valence-electron chi connectivity index (χ1n) is 5.78. The summed E-state index contributed by atoms with van der Waals surface area (Å²) in [6.45, 7) is 1.77. The second-order valence-electron chi connectivity index (χ2n) is 4.04. The van der Waals surface area contributed by atoms with Crippen molar-refractivity contribution in [1.29, 1.82) is 5.41 Å². The van der Waals surface area contributed by atoms with Gasteiger partial charge in [0, 0.05) is 27.1 Å². The first-order chi connectivity index (χ1) is 9.51. The van der Waals surface area contributed by atoms with Crippen molar-refractivity contribution >= 4 is 29.4 Å². The number of hydrogen-bond acceptors (Lipinski definition) is 5. The number of benzene rings is 1. The van der Waals surface area contributed by atoms with Crippen LogP contribution in [0.1, 0.15) is 11.3 Å². The molecular weight excluding hydrogens is 292 g/mol. The fraction of sp³-hybridized carbons (Fsp3) is 0.154. The molecular formula is C13H14N4OS2. The molecule has 0 unspecified atom stereocenters.